The summed E-state index contributed by atoms with van der Waals surface area (Å²) in [6.45, 7) is 4.70. The molecule has 0 aliphatic rings. The van der Waals surface area contributed by atoms with E-state index in [1.807, 2.05) is 5.32 Å². The van der Waals surface area contributed by atoms with Crippen molar-refractivity contribution in [1.82, 2.24) is 21.3 Å². The highest BCUT2D eigenvalue weighted by Crippen LogP contribution is 2.03. The summed E-state index contributed by atoms with van der Waals surface area (Å²) < 4.78 is 0. The van der Waals surface area contributed by atoms with Gasteiger partial charge in [-0.25, -0.2) is 4.79 Å². The molecule has 0 aromatic rings. The van der Waals surface area contributed by atoms with Crippen LogP contribution in [0.2, 0.25) is 0 Å². The largest absolute Gasteiger partial charge is 0.481 e. The van der Waals surface area contributed by atoms with Crippen LogP contribution in [0.4, 0.5) is 0 Å². The first-order valence-corrected chi connectivity index (χ1v) is 8.25. The molecule has 0 radical (unpaired) electrons. The summed E-state index contributed by atoms with van der Waals surface area (Å²) >= 11 is 0. The summed E-state index contributed by atoms with van der Waals surface area (Å²) in [4.78, 5) is 57.8. The maximum atomic E-state index is 12.3. The molecule has 8 N–H and O–H groups in total. The molecule has 0 aliphatic carbocycles. The highest BCUT2D eigenvalue weighted by Gasteiger charge is 2.29. The first-order valence-electron chi connectivity index (χ1n) is 8.25. The SMILES string of the molecule is CC(C)[C@H](NC(=O)CNCN)C(=O)N[C@@H](C)C(=O)N[C@@H](CC(=O)O)C(=O)O. The van der Waals surface area contributed by atoms with Crippen LogP contribution in [-0.2, 0) is 24.0 Å². The van der Waals surface area contributed by atoms with E-state index in [9.17, 15) is 24.0 Å². The van der Waals surface area contributed by atoms with Gasteiger partial charge in [0, 0.05) is 6.67 Å². The normalized spacial score (nSPS) is 14.0. The van der Waals surface area contributed by atoms with Crippen LogP contribution in [0, 0.1) is 5.92 Å². The molecule has 12 nitrogen and oxygen atoms in total. The molecule has 0 saturated heterocycles. The molecule has 3 atom stereocenters. The molecule has 0 rings (SSSR count). The minimum Gasteiger partial charge on any atom is -0.481 e. The van der Waals surface area contributed by atoms with Gasteiger partial charge in [0.15, 0.2) is 0 Å². The molecule has 0 heterocycles. The van der Waals surface area contributed by atoms with Crippen LogP contribution in [0.1, 0.15) is 27.2 Å². The number of nitrogens with two attached hydrogens (primary N) is 1. The van der Waals surface area contributed by atoms with Gasteiger partial charge in [-0.1, -0.05) is 13.8 Å². The highest BCUT2D eigenvalue weighted by molar-refractivity contribution is 5.94. The highest BCUT2D eigenvalue weighted by atomic mass is 16.4. The van der Waals surface area contributed by atoms with E-state index in [1.54, 1.807) is 13.8 Å². The van der Waals surface area contributed by atoms with Crippen molar-refractivity contribution in [2.75, 3.05) is 13.2 Å². The van der Waals surface area contributed by atoms with Crippen molar-refractivity contribution in [3.05, 3.63) is 0 Å². The lowest BCUT2D eigenvalue weighted by atomic mass is 10.0. The number of carbonyl (C=O) groups is 5. The van der Waals surface area contributed by atoms with Crippen LogP contribution in [0.15, 0.2) is 0 Å². The Morgan fingerprint density at radius 3 is 1.96 bits per heavy atom. The van der Waals surface area contributed by atoms with Gasteiger partial charge in [0.25, 0.3) is 0 Å². The average molecular weight is 389 g/mol. The van der Waals surface area contributed by atoms with E-state index in [1.165, 1.54) is 6.92 Å². The lowest BCUT2D eigenvalue weighted by Crippen LogP contribution is -2.57. The van der Waals surface area contributed by atoms with E-state index in [-0.39, 0.29) is 19.1 Å². The molecule has 12 heteroatoms. The quantitative estimate of drug-likeness (QED) is 0.172. The minimum atomic E-state index is -1.63. The number of carbonyl (C=O) groups excluding carboxylic acids is 3. The summed E-state index contributed by atoms with van der Waals surface area (Å²) in [6.07, 6.45) is -0.805. The zero-order valence-electron chi connectivity index (χ0n) is 15.4. The van der Waals surface area contributed by atoms with Gasteiger partial charge in [-0.3, -0.25) is 24.5 Å². The number of rotatable bonds is 12. The minimum absolute atomic E-state index is 0.0848. The van der Waals surface area contributed by atoms with E-state index in [2.05, 4.69) is 16.0 Å². The average Bonchev–Trinajstić information content (AvgIpc) is 2.55. The number of aliphatic carboxylic acids is 2. The Bertz CT molecular complexity index is 567. The molecule has 0 saturated carbocycles. The molecular weight excluding hydrogens is 362 g/mol. The third-order valence-corrected chi connectivity index (χ3v) is 3.44. The molecule has 0 bridgehead atoms. The lowest BCUT2D eigenvalue weighted by molar-refractivity contribution is -0.147. The van der Waals surface area contributed by atoms with Crippen molar-refractivity contribution in [2.45, 2.75) is 45.3 Å². The fourth-order valence-corrected chi connectivity index (χ4v) is 1.99. The maximum Gasteiger partial charge on any atom is 0.326 e. The van der Waals surface area contributed by atoms with Crippen molar-refractivity contribution in [3.63, 3.8) is 0 Å². The smallest absolute Gasteiger partial charge is 0.326 e. The van der Waals surface area contributed by atoms with Crippen LogP contribution < -0.4 is 27.0 Å². The number of nitrogens with one attached hydrogen (secondary N) is 4. The molecule has 0 fully saturated rings. The summed E-state index contributed by atoms with van der Waals surface area (Å²) in [5.41, 5.74) is 5.22. The molecule has 0 spiro atoms. The Morgan fingerprint density at radius 1 is 0.926 bits per heavy atom. The fraction of sp³-hybridized carbons (Fsp3) is 0.667. The predicted octanol–water partition coefficient (Wildman–Crippen LogP) is -2.82. The van der Waals surface area contributed by atoms with Crippen LogP contribution in [-0.4, -0.2) is 71.2 Å². The van der Waals surface area contributed by atoms with Crippen LogP contribution in [0.5, 0.6) is 0 Å². The zero-order valence-corrected chi connectivity index (χ0v) is 15.4. The predicted molar refractivity (Wildman–Crippen MR) is 93.2 cm³/mol. The maximum absolute atomic E-state index is 12.3. The molecule has 0 aromatic heterocycles. The Kier molecular flexibility index (Phi) is 10.6. The Hall–Kier alpha value is -2.73. The summed E-state index contributed by atoms with van der Waals surface area (Å²) in [7, 11) is 0. The van der Waals surface area contributed by atoms with Crippen molar-refractivity contribution >= 4 is 29.7 Å². The first-order chi connectivity index (χ1) is 12.5. The molecule has 0 unspecified atom stereocenters. The monoisotopic (exact) mass is 389 g/mol. The Labute approximate surface area is 156 Å². The molecule has 0 aliphatic heterocycles. The zero-order chi connectivity index (χ0) is 21.1. The number of carboxylic acids is 2. The molecule has 0 aromatic carbocycles. The van der Waals surface area contributed by atoms with Crippen molar-refractivity contribution in [2.24, 2.45) is 11.7 Å². The number of hydrogen-bond donors (Lipinski definition) is 7. The summed E-state index contributed by atoms with van der Waals surface area (Å²) in [6, 6.07) is -3.70. The number of amides is 3. The summed E-state index contributed by atoms with van der Waals surface area (Å²) in [5.74, 6) is -5.16. The molecule has 154 valence electrons. The van der Waals surface area contributed by atoms with Gasteiger partial charge in [-0.2, -0.15) is 0 Å². The van der Waals surface area contributed by atoms with Crippen molar-refractivity contribution in [3.8, 4) is 0 Å². The topological polar surface area (TPSA) is 200 Å². The van der Waals surface area contributed by atoms with Crippen molar-refractivity contribution in [1.29, 1.82) is 0 Å². The molecule has 27 heavy (non-hydrogen) atoms. The first kappa shape index (κ1) is 24.3. The van der Waals surface area contributed by atoms with Gasteiger partial charge in [-0.15, -0.1) is 0 Å². The van der Waals surface area contributed by atoms with Gasteiger partial charge in [0.1, 0.15) is 18.1 Å². The fourth-order valence-electron chi connectivity index (χ4n) is 1.99. The van der Waals surface area contributed by atoms with E-state index in [0.717, 1.165) is 0 Å². The third-order valence-electron chi connectivity index (χ3n) is 3.44. The summed E-state index contributed by atoms with van der Waals surface area (Å²) in [5, 5.41) is 27.1. The van der Waals surface area contributed by atoms with E-state index in [4.69, 9.17) is 15.9 Å². The second kappa shape index (κ2) is 11.8. The van der Waals surface area contributed by atoms with E-state index < -0.39 is 54.2 Å². The lowest BCUT2D eigenvalue weighted by Gasteiger charge is -2.24. The molecule has 3 amide bonds. The third kappa shape index (κ3) is 9.51. The van der Waals surface area contributed by atoms with Gasteiger partial charge in [-0.05, 0) is 12.8 Å². The van der Waals surface area contributed by atoms with Gasteiger partial charge in [0.2, 0.25) is 17.7 Å². The molecular formula is C15H27N5O7. The number of hydrogen-bond acceptors (Lipinski definition) is 7. The van der Waals surface area contributed by atoms with Gasteiger partial charge >= 0.3 is 11.9 Å². The number of carboxylic acid groups (broad SMARTS) is 2. The standard InChI is InChI=1S/C15H27N5O7/c1-7(2)12(20-10(21)5-17-6-16)14(25)18-8(3)13(24)19-9(15(26)27)4-11(22)23/h7-9,12,17H,4-6,16H2,1-3H3,(H,18,25)(H,19,24)(H,20,21)(H,22,23)(H,26,27)/t8-,9-,12-/m0/s1. The van der Waals surface area contributed by atoms with Crippen LogP contribution in [0.25, 0.3) is 0 Å². The van der Waals surface area contributed by atoms with E-state index >= 15 is 0 Å². The van der Waals surface area contributed by atoms with Crippen LogP contribution in [0.3, 0.4) is 0 Å². The van der Waals surface area contributed by atoms with E-state index in [0.29, 0.717) is 0 Å². The van der Waals surface area contributed by atoms with Gasteiger partial charge < -0.3 is 31.9 Å². The van der Waals surface area contributed by atoms with Crippen LogP contribution >= 0.6 is 0 Å². The Morgan fingerprint density at radius 2 is 1.52 bits per heavy atom. The van der Waals surface area contributed by atoms with Gasteiger partial charge in [0.05, 0.1) is 13.0 Å². The van der Waals surface area contributed by atoms with Crippen molar-refractivity contribution < 1.29 is 34.2 Å². The Balaban J connectivity index is 4.86. The second-order valence-corrected chi connectivity index (χ2v) is 6.15. The second-order valence-electron chi connectivity index (χ2n) is 6.15.